The van der Waals surface area contributed by atoms with E-state index in [9.17, 15) is 12.8 Å². The van der Waals surface area contributed by atoms with Gasteiger partial charge in [-0.2, -0.15) is 4.31 Å². The van der Waals surface area contributed by atoms with Crippen molar-refractivity contribution in [2.45, 2.75) is 4.90 Å². The average Bonchev–Trinajstić information content (AvgIpc) is 2.68. The molecule has 0 aromatic heterocycles. The van der Waals surface area contributed by atoms with Crippen LogP contribution in [0.5, 0.6) is 11.5 Å². The molecule has 1 fully saturated rings. The maximum Gasteiger partial charge on any atom is 0.243 e. The van der Waals surface area contributed by atoms with Crippen LogP contribution in [-0.2, 0) is 10.0 Å². The van der Waals surface area contributed by atoms with Crippen LogP contribution >= 0.6 is 0 Å². The number of methoxy groups -OCH3 is 2. The summed E-state index contributed by atoms with van der Waals surface area (Å²) in [5.74, 6) is 0.919. The molecule has 140 valence electrons. The molecular weight excluding hydrogens is 359 g/mol. The van der Waals surface area contributed by atoms with Crippen molar-refractivity contribution in [2.24, 2.45) is 0 Å². The summed E-state index contributed by atoms with van der Waals surface area (Å²) < 4.78 is 50.5. The zero-order chi connectivity index (χ0) is 18.7. The van der Waals surface area contributed by atoms with Gasteiger partial charge in [-0.3, -0.25) is 0 Å². The van der Waals surface area contributed by atoms with Crippen LogP contribution in [0.15, 0.2) is 47.4 Å². The van der Waals surface area contributed by atoms with Gasteiger partial charge in [-0.1, -0.05) is 0 Å². The molecule has 0 aliphatic carbocycles. The van der Waals surface area contributed by atoms with Crippen LogP contribution in [0.1, 0.15) is 0 Å². The van der Waals surface area contributed by atoms with Gasteiger partial charge in [0.2, 0.25) is 10.0 Å². The molecule has 3 rings (SSSR count). The predicted octanol–water partition coefficient (Wildman–Crippen LogP) is 2.35. The first kappa shape index (κ1) is 18.5. The van der Waals surface area contributed by atoms with Gasteiger partial charge in [0.05, 0.1) is 24.8 Å². The number of hydrogen-bond donors (Lipinski definition) is 0. The fourth-order valence-electron chi connectivity index (χ4n) is 2.97. The molecule has 2 aromatic carbocycles. The average molecular weight is 380 g/mol. The molecule has 0 unspecified atom stereocenters. The fourth-order valence-corrected chi connectivity index (χ4v) is 4.39. The smallest absolute Gasteiger partial charge is 0.243 e. The van der Waals surface area contributed by atoms with E-state index >= 15 is 0 Å². The number of hydrogen-bond acceptors (Lipinski definition) is 5. The van der Waals surface area contributed by atoms with Crippen molar-refractivity contribution in [3.63, 3.8) is 0 Å². The number of rotatable bonds is 5. The Balaban J connectivity index is 1.74. The van der Waals surface area contributed by atoms with E-state index < -0.39 is 15.8 Å². The summed E-state index contributed by atoms with van der Waals surface area (Å²) >= 11 is 0. The molecule has 8 heteroatoms. The summed E-state index contributed by atoms with van der Waals surface area (Å²) in [5.41, 5.74) is 0.895. The van der Waals surface area contributed by atoms with E-state index in [1.54, 1.807) is 20.3 Å². The first-order valence-electron chi connectivity index (χ1n) is 8.18. The molecule has 0 bridgehead atoms. The summed E-state index contributed by atoms with van der Waals surface area (Å²) in [6.45, 7) is 1.75. The number of sulfonamides is 1. The molecule has 1 heterocycles. The molecule has 0 amide bonds. The lowest BCUT2D eigenvalue weighted by atomic mass is 10.2. The summed E-state index contributed by atoms with van der Waals surface area (Å²) in [4.78, 5) is 2.18. The number of anilines is 1. The van der Waals surface area contributed by atoms with Gasteiger partial charge in [0.25, 0.3) is 0 Å². The third-order valence-electron chi connectivity index (χ3n) is 4.42. The Morgan fingerprint density at radius 1 is 0.923 bits per heavy atom. The SMILES string of the molecule is COc1ccc(N2CCN(S(=O)(=O)c3ccc(F)cc3)CC2)c(OC)c1. The van der Waals surface area contributed by atoms with Gasteiger partial charge in [-0.25, -0.2) is 12.8 Å². The zero-order valence-electron chi connectivity index (χ0n) is 14.7. The molecule has 0 saturated carbocycles. The van der Waals surface area contributed by atoms with Gasteiger partial charge < -0.3 is 14.4 Å². The van der Waals surface area contributed by atoms with Crippen LogP contribution < -0.4 is 14.4 Å². The fraction of sp³-hybridized carbons (Fsp3) is 0.333. The van der Waals surface area contributed by atoms with Crippen molar-refractivity contribution in [2.75, 3.05) is 45.3 Å². The lowest BCUT2D eigenvalue weighted by Crippen LogP contribution is -2.48. The molecule has 2 aromatic rings. The highest BCUT2D eigenvalue weighted by atomic mass is 32.2. The first-order valence-corrected chi connectivity index (χ1v) is 9.62. The van der Waals surface area contributed by atoms with E-state index in [1.807, 2.05) is 12.1 Å². The molecule has 1 aliphatic rings. The van der Waals surface area contributed by atoms with Gasteiger partial charge in [-0.15, -0.1) is 0 Å². The predicted molar refractivity (Wildman–Crippen MR) is 96.9 cm³/mol. The van der Waals surface area contributed by atoms with Crippen LogP contribution in [0, 0.1) is 5.82 Å². The molecule has 26 heavy (non-hydrogen) atoms. The minimum absolute atomic E-state index is 0.106. The van der Waals surface area contributed by atoms with Gasteiger partial charge >= 0.3 is 0 Å². The van der Waals surface area contributed by atoms with Gasteiger partial charge in [0.15, 0.2) is 0 Å². The Morgan fingerprint density at radius 2 is 1.58 bits per heavy atom. The Bertz CT molecular complexity index is 863. The van der Waals surface area contributed by atoms with Crippen molar-refractivity contribution in [3.8, 4) is 11.5 Å². The van der Waals surface area contributed by atoms with Crippen LogP contribution in [0.3, 0.4) is 0 Å². The quantitative estimate of drug-likeness (QED) is 0.797. The number of ether oxygens (including phenoxy) is 2. The third kappa shape index (κ3) is 3.61. The second-order valence-electron chi connectivity index (χ2n) is 5.88. The molecule has 0 radical (unpaired) electrons. The van der Waals surface area contributed by atoms with Crippen LogP contribution in [-0.4, -0.2) is 53.1 Å². The van der Waals surface area contributed by atoms with E-state index in [0.29, 0.717) is 37.7 Å². The minimum Gasteiger partial charge on any atom is -0.497 e. The maximum atomic E-state index is 13.0. The highest BCUT2D eigenvalue weighted by Gasteiger charge is 2.29. The molecule has 1 aliphatic heterocycles. The zero-order valence-corrected chi connectivity index (χ0v) is 15.5. The molecule has 0 N–H and O–H groups in total. The van der Waals surface area contributed by atoms with Crippen molar-refractivity contribution in [3.05, 3.63) is 48.3 Å². The first-order chi connectivity index (χ1) is 12.5. The molecular formula is C18H21FN2O4S. The van der Waals surface area contributed by atoms with Gasteiger partial charge in [0, 0.05) is 32.2 Å². The van der Waals surface area contributed by atoms with E-state index in [4.69, 9.17) is 9.47 Å². The summed E-state index contributed by atoms with van der Waals surface area (Å²) in [7, 11) is -0.440. The normalized spacial score (nSPS) is 15.7. The van der Waals surface area contributed by atoms with E-state index in [0.717, 1.165) is 17.8 Å². The van der Waals surface area contributed by atoms with Crippen LogP contribution in [0.25, 0.3) is 0 Å². The van der Waals surface area contributed by atoms with Crippen molar-refractivity contribution >= 4 is 15.7 Å². The molecule has 0 atom stereocenters. The summed E-state index contributed by atoms with van der Waals surface area (Å²) in [5, 5.41) is 0. The Labute approximate surface area is 152 Å². The highest BCUT2D eigenvalue weighted by molar-refractivity contribution is 7.89. The number of halogens is 1. The Hall–Kier alpha value is -2.32. The standard InChI is InChI=1S/C18H21FN2O4S/c1-24-15-5-8-17(18(13-15)25-2)20-9-11-21(12-10-20)26(22,23)16-6-3-14(19)4-7-16/h3-8,13H,9-12H2,1-2H3. The summed E-state index contributed by atoms with van der Waals surface area (Å²) in [6, 6.07) is 10.5. The van der Waals surface area contributed by atoms with E-state index in [1.165, 1.54) is 16.4 Å². The largest absolute Gasteiger partial charge is 0.497 e. The van der Waals surface area contributed by atoms with Gasteiger partial charge in [0.1, 0.15) is 17.3 Å². The van der Waals surface area contributed by atoms with Crippen molar-refractivity contribution < 1.29 is 22.3 Å². The lowest BCUT2D eigenvalue weighted by Gasteiger charge is -2.36. The number of nitrogens with zero attached hydrogens (tertiary/aromatic N) is 2. The van der Waals surface area contributed by atoms with E-state index in [2.05, 4.69) is 4.90 Å². The monoisotopic (exact) mass is 380 g/mol. The van der Waals surface area contributed by atoms with E-state index in [-0.39, 0.29) is 4.90 Å². The van der Waals surface area contributed by atoms with Crippen LogP contribution in [0.2, 0.25) is 0 Å². The van der Waals surface area contributed by atoms with Crippen molar-refractivity contribution in [1.82, 2.24) is 4.31 Å². The van der Waals surface area contributed by atoms with Crippen LogP contribution in [0.4, 0.5) is 10.1 Å². The third-order valence-corrected chi connectivity index (χ3v) is 6.33. The summed E-state index contributed by atoms with van der Waals surface area (Å²) in [6.07, 6.45) is 0. The lowest BCUT2D eigenvalue weighted by molar-refractivity contribution is 0.375. The number of piperazine rings is 1. The maximum absolute atomic E-state index is 13.0. The highest BCUT2D eigenvalue weighted by Crippen LogP contribution is 2.33. The minimum atomic E-state index is -3.62. The Kier molecular flexibility index (Phi) is 5.33. The number of benzene rings is 2. The van der Waals surface area contributed by atoms with Gasteiger partial charge in [-0.05, 0) is 36.4 Å². The van der Waals surface area contributed by atoms with Crippen molar-refractivity contribution in [1.29, 1.82) is 0 Å². The second kappa shape index (κ2) is 7.51. The molecule has 6 nitrogen and oxygen atoms in total. The topological polar surface area (TPSA) is 59.1 Å². The molecule has 0 spiro atoms. The Morgan fingerprint density at radius 3 is 2.15 bits per heavy atom. The molecule has 1 saturated heterocycles. The second-order valence-corrected chi connectivity index (χ2v) is 7.82.